The molecule has 2 aromatic rings. The lowest BCUT2D eigenvalue weighted by atomic mass is 9.67. The Balaban J connectivity index is 1.53. The fourth-order valence-electron chi connectivity index (χ4n) is 3.46. The Morgan fingerprint density at radius 1 is 1.37 bits per heavy atom. The van der Waals surface area contributed by atoms with Crippen LogP contribution in [0.5, 0.6) is 0 Å². The van der Waals surface area contributed by atoms with E-state index in [4.69, 9.17) is 4.74 Å². The van der Waals surface area contributed by atoms with Crippen LogP contribution >= 0.6 is 0 Å². The van der Waals surface area contributed by atoms with E-state index in [1.807, 2.05) is 6.07 Å². The van der Waals surface area contributed by atoms with Gasteiger partial charge in [0.15, 0.2) is 5.96 Å². The summed E-state index contributed by atoms with van der Waals surface area (Å²) in [5.74, 6) is 0.459. The molecule has 27 heavy (non-hydrogen) atoms. The maximum absolute atomic E-state index is 14.4. The third-order valence-electron chi connectivity index (χ3n) is 5.36. The predicted octanol–water partition coefficient (Wildman–Crippen LogP) is 2.88. The minimum absolute atomic E-state index is 0.275. The summed E-state index contributed by atoms with van der Waals surface area (Å²) in [6, 6.07) is 5.21. The summed E-state index contributed by atoms with van der Waals surface area (Å²) in [6.45, 7) is 2.17. The molecule has 0 radical (unpaired) electrons. The number of hydrogen-bond acceptors (Lipinski definition) is 3. The van der Waals surface area contributed by atoms with Gasteiger partial charge in [0.2, 0.25) is 0 Å². The van der Waals surface area contributed by atoms with E-state index in [2.05, 4.69) is 20.6 Å². The number of hydrogen-bond donors (Lipinski definition) is 2. The minimum Gasteiger partial charge on any atom is -0.385 e. The number of rotatable bonds is 8. The molecule has 0 unspecified atom stereocenters. The zero-order valence-electron chi connectivity index (χ0n) is 16.0. The molecule has 0 aliphatic heterocycles. The molecule has 1 fully saturated rings. The van der Waals surface area contributed by atoms with E-state index in [1.54, 1.807) is 49.6 Å². The summed E-state index contributed by atoms with van der Waals surface area (Å²) >= 11 is 0. The number of methoxy groups -OCH3 is 1. The lowest BCUT2D eigenvalue weighted by molar-refractivity contribution is 0.0732. The van der Waals surface area contributed by atoms with E-state index in [9.17, 15) is 4.39 Å². The molecule has 2 N–H and O–H groups in total. The van der Waals surface area contributed by atoms with Gasteiger partial charge in [-0.3, -0.25) is 4.99 Å². The van der Waals surface area contributed by atoms with Crippen LogP contribution in [0.25, 0.3) is 5.69 Å². The van der Waals surface area contributed by atoms with Crippen LogP contribution in [0.1, 0.15) is 31.2 Å². The van der Waals surface area contributed by atoms with Crippen molar-refractivity contribution in [1.82, 2.24) is 20.2 Å². The van der Waals surface area contributed by atoms with E-state index >= 15 is 0 Å². The van der Waals surface area contributed by atoms with Gasteiger partial charge in [0.1, 0.15) is 5.82 Å². The van der Waals surface area contributed by atoms with Gasteiger partial charge in [-0.2, -0.15) is 0 Å². The molecule has 0 spiro atoms. The standard InChI is InChI=1S/C20H28FN5O/c1-22-19(25-14-20(6-3-7-20)8-11-27-2)24-13-16-4-5-18(17(21)12-16)26-10-9-23-15-26/h4-5,9-10,12,15H,3,6-8,11,13-14H2,1-2H3,(H2,22,24,25). The normalized spacial score (nSPS) is 16.0. The van der Waals surface area contributed by atoms with Gasteiger partial charge in [0, 0.05) is 46.2 Å². The largest absolute Gasteiger partial charge is 0.385 e. The van der Waals surface area contributed by atoms with Crippen LogP contribution < -0.4 is 10.6 Å². The molecular weight excluding hydrogens is 345 g/mol. The van der Waals surface area contributed by atoms with Crippen LogP contribution in [0.4, 0.5) is 4.39 Å². The highest BCUT2D eigenvalue weighted by molar-refractivity contribution is 5.79. The molecule has 0 saturated heterocycles. The first-order valence-electron chi connectivity index (χ1n) is 9.36. The van der Waals surface area contributed by atoms with Gasteiger partial charge in [-0.1, -0.05) is 12.5 Å². The Hall–Kier alpha value is -2.41. The van der Waals surface area contributed by atoms with Crippen LogP contribution in [0.2, 0.25) is 0 Å². The summed E-state index contributed by atoms with van der Waals surface area (Å²) in [7, 11) is 3.50. The molecule has 1 aliphatic rings. The fourth-order valence-corrected chi connectivity index (χ4v) is 3.46. The lowest BCUT2D eigenvalue weighted by Crippen LogP contribution is -2.46. The smallest absolute Gasteiger partial charge is 0.191 e. The summed E-state index contributed by atoms with van der Waals surface area (Å²) in [6.07, 6.45) is 9.73. The average molecular weight is 373 g/mol. The molecule has 0 amide bonds. The second kappa shape index (κ2) is 8.99. The van der Waals surface area contributed by atoms with Crippen LogP contribution in [-0.4, -0.2) is 42.8 Å². The van der Waals surface area contributed by atoms with E-state index in [1.165, 1.54) is 19.3 Å². The molecule has 1 saturated carbocycles. The van der Waals surface area contributed by atoms with Crippen LogP contribution in [0, 0.1) is 11.2 Å². The van der Waals surface area contributed by atoms with Gasteiger partial charge in [-0.15, -0.1) is 0 Å². The van der Waals surface area contributed by atoms with Crippen molar-refractivity contribution in [1.29, 1.82) is 0 Å². The Morgan fingerprint density at radius 3 is 2.81 bits per heavy atom. The van der Waals surface area contributed by atoms with Gasteiger partial charge in [0.25, 0.3) is 0 Å². The second-order valence-electron chi connectivity index (χ2n) is 7.13. The first kappa shape index (κ1) is 19.4. The highest BCUT2D eigenvalue weighted by Crippen LogP contribution is 2.43. The number of aromatic nitrogens is 2. The highest BCUT2D eigenvalue weighted by Gasteiger charge is 2.36. The molecule has 7 heteroatoms. The zero-order chi connectivity index (χ0) is 19.1. The molecule has 1 aromatic heterocycles. The number of nitrogens with one attached hydrogen (secondary N) is 2. The third-order valence-corrected chi connectivity index (χ3v) is 5.36. The van der Waals surface area contributed by atoms with Gasteiger partial charge < -0.3 is 19.9 Å². The third kappa shape index (κ3) is 4.86. The van der Waals surface area contributed by atoms with Crippen LogP contribution in [0.3, 0.4) is 0 Å². The summed E-state index contributed by atoms with van der Waals surface area (Å²) in [5, 5.41) is 6.68. The van der Waals surface area contributed by atoms with Gasteiger partial charge in [-0.25, -0.2) is 9.37 Å². The first-order chi connectivity index (χ1) is 13.2. The number of ether oxygens (including phenoxy) is 1. The molecule has 0 bridgehead atoms. The number of benzene rings is 1. The van der Waals surface area contributed by atoms with Gasteiger partial charge in [0.05, 0.1) is 12.0 Å². The molecule has 1 heterocycles. The van der Waals surface area contributed by atoms with Crippen molar-refractivity contribution in [2.45, 2.75) is 32.2 Å². The van der Waals surface area contributed by atoms with Crippen molar-refractivity contribution in [3.8, 4) is 5.69 Å². The summed E-state index contributed by atoms with van der Waals surface area (Å²) < 4.78 is 21.3. The molecule has 0 atom stereocenters. The van der Waals surface area contributed by atoms with Crippen molar-refractivity contribution < 1.29 is 9.13 Å². The zero-order valence-corrected chi connectivity index (χ0v) is 16.0. The Labute approximate surface area is 159 Å². The minimum atomic E-state index is -0.275. The Bertz CT molecular complexity index is 756. The molecule has 146 valence electrons. The lowest BCUT2D eigenvalue weighted by Gasteiger charge is -2.42. The van der Waals surface area contributed by atoms with Crippen molar-refractivity contribution in [2.24, 2.45) is 10.4 Å². The number of guanidine groups is 1. The van der Waals surface area contributed by atoms with Gasteiger partial charge >= 0.3 is 0 Å². The molecule has 6 nitrogen and oxygen atoms in total. The second-order valence-corrected chi connectivity index (χ2v) is 7.13. The number of imidazole rings is 1. The molecule has 1 aliphatic carbocycles. The van der Waals surface area contributed by atoms with E-state index in [0.29, 0.717) is 17.6 Å². The maximum Gasteiger partial charge on any atom is 0.191 e. The van der Waals surface area contributed by atoms with Crippen molar-refractivity contribution in [3.63, 3.8) is 0 Å². The number of aliphatic imine (C=N–C) groups is 1. The fraction of sp³-hybridized carbons (Fsp3) is 0.500. The van der Waals surface area contributed by atoms with E-state index in [0.717, 1.165) is 31.1 Å². The van der Waals surface area contributed by atoms with Gasteiger partial charge in [-0.05, 0) is 42.4 Å². The van der Waals surface area contributed by atoms with Crippen LogP contribution in [0.15, 0.2) is 41.9 Å². The van der Waals surface area contributed by atoms with Crippen molar-refractivity contribution >= 4 is 5.96 Å². The monoisotopic (exact) mass is 373 g/mol. The highest BCUT2D eigenvalue weighted by atomic mass is 19.1. The molecule has 1 aromatic carbocycles. The molecular formula is C20H28FN5O. The SMILES string of the molecule is CN=C(NCc1ccc(-n2ccnc2)c(F)c1)NCC1(CCOC)CCC1. The topological polar surface area (TPSA) is 63.5 Å². The number of halogens is 1. The molecule has 3 rings (SSSR count). The van der Waals surface area contributed by atoms with E-state index in [-0.39, 0.29) is 5.82 Å². The summed E-state index contributed by atoms with van der Waals surface area (Å²) in [5.41, 5.74) is 1.66. The summed E-state index contributed by atoms with van der Waals surface area (Å²) in [4.78, 5) is 8.24. The average Bonchev–Trinajstić information content (AvgIpc) is 3.17. The van der Waals surface area contributed by atoms with Crippen molar-refractivity contribution in [3.05, 3.63) is 48.3 Å². The van der Waals surface area contributed by atoms with E-state index < -0.39 is 0 Å². The number of nitrogens with zero attached hydrogens (tertiary/aromatic N) is 3. The maximum atomic E-state index is 14.4. The Morgan fingerprint density at radius 2 is 2.22 bits per heavy atom. The first-order valence-corrected chi connectivity index (χ1v) is 9.36. The Kier molecular flexibility index (Phi) is 6.45. The van der Waals surface area contributed by atoms with Crippen LogP contribution in [-0.2, 0) is 11.3 Å². The van der Waals surface area contributed by atoms with Crippen molar-refractivity contribution in [2.75, 3.05) is 27.3 Å². The quantitative estimate of drug-likeness (QED) is 0.552. The predicted molar refractivity (Wildman–Crippen MR) is 105 cm³/mol.